The lowest BCUT2D eigenvalue weighted by Gasteiger charge is -2.27. The van der Waals surface area contributed by atoms with Gasteiger partial charge in [-0.15, -0.1) is 12.4 Å². The van der Waals surface area contributed by atoms with E-state index in [1.165, 1.54) is 0 Å². The van der Waals surface area contributed by atoms with Gasteiger partial charge in [-0.1, -0.05) is 20.8 Å². The third-order valence-corrected chi connectivity index (χ3v) is 2.39. The zero-order chi connectivity index (χ0) is 13.9. The minimum atomic E-state index is -0.562. The number of halogens is 1. The van der Waals surface area contributed by atoms with Crippen molar-refractivity contribution in [3.8, 4) is 0 Å². The van der Waals surface area contributed by atoms with Crippen LogP contribution in [-0.4, -0.2) is 29.9 Å². The van der Waals surface area contributed by atoms with Gasteiger partial charge in [-0.05, 0) is 20.8 Å². The normalized spacial score (nSPS) is 13.3. The molecule has 0 aliphatic carbocycles. The highest BCUT2D eigenvalue weighted by molar-refractivity contribution is 5.89. The van der Waals surface area contributed by atoms with Crippen LogP contribution in [0.25, 0.3) is 0 Å². The SMILES string of the molecule is CC(NC(=O)C(C)(C)C)C(=O)NC(C)(C)CN.Cl. The monoisotopic (exact) mass is 279 g/mol. The van der Waals surface area contributed by atoms with Gasteiger partial charge in [0.2, 0.25) is 11.8 Å². The molecule has 0 aromatic carbocycles. The number of nitrogens with one attached hydrogen (secondary N) is 2. The van der Waals surface area contributed by atoms with Gasteiger partial charge in [-0.2, -0.15) is 0 Å². The molecule has 0 saturated carbocycles. The second kappa shape index (κ2) is 6.95. The minimum Gasteiger partial charge on any atom is -0.348 e. The van der Waals surface area contributed by atoms with E-state index >= 15 is 0 Å². The molecule has 0 aliphatic heterocycles. The molecular weight excluding hydrogens is 254 g/mol. The average molecular weight is 280 g/mol. The number of rotatable bonds is 4. The molecule has 0 aliphatic rings. The van der Waals surface area contributed by atoms with Crippen molar-refractivity contribution in [2.75, 3.05) is 6.54 Å². The molecule has 1 unspecified atom stereocenters. The molecule has 0 rings (SSSR count). The largest absolute Gasteiger partial charge is 0.348 e. The van der Waals surface area contributed by atoms with Crippen molar-refractivity contribution in [3.05, 3.63) is 0 Å². The van der Waals surface area contributed by atoms with Crippen LogP contribution in [0.1, 0.15) is 41.5 Å². The lowest BCUT2D eigenvalue weighted by atomic mass is 9.95. The van der Waals surface area contributed by atoms with E-state index in [4.69, 9.17) is 5.73 Å². The maximum Gasteiger partial charge on any atom is 0.242 e. The summed E-state index contributed by atoms with van der Waals surface area (Å²) in [6.45, 7) is 11.1. The number of hydrogen-bond acceptors (Lipinski definition) is 3. The van der Waals surface area contributed by atoms with E-state index in [2.05, 4.69) is 10.6 Å². The van der Waals surface area contributed by atoms with Crippen molar-refractivity contribution in [2.45, 2.75) is 53.1 Å². The molecule has 0 heterocycles. The first-order chi connectivity index (χ1) is 7.49. The van der Waals surface area contributed by atoms with Gasteiger partial charge in [0.25, 0.3) is 0 Å². The fourth-order valence-corrected chi connectivity index (χ4v) is 0.971. The first-order valence-electron chi connectivity index (χ1n) is 5.82. The quantitative estimate of drug-likeness (QED) is 0.712. The smallest absolute Gasteiger partial charge is 0.242 e. The average Bonchev–Trinajstić information content (AvgIpc) is 2.15. The zero-order valence-electron chi connectivity index (χ0n) is 12.1. The summed E-state index contributed by atoms with van der Waals surface area (Å²) in [6, 6.07) is -0.562. The number of carbonyl (C=O) groups is 2. The van der Waals surface area contributed by atoms with Crippen LogP contribution in [0, 0.1) is 5.41 Å². The Labute approximate surface area is 116 Å². The molecule has 2 amide bonds. The van der Waals surface area contributed by atoms with Gasteiger partial charge in [-0.25, -0.2) is 0 Å². The molecule has 0 radical (unpaired) electrons. The van der Waals surface area contributed by atoms with Crippen molar-refractivity contribution in [3.63, 3.8) is 0 Å². The highest BCUT2D eigenvalue weighted by atomic mass is 35.5. The molecule has 0 saturated heterocycles. The van der Waals surface area contributed by atoms with E-state index in [1.807, 2.05) is 13.8 Å². The molecular formula is C12H26ClN3O2. The molecule has 0 spiro atoms. The van der Waals surface area contributed by atoms with E-state index in [-0.39, 0.29) is 24.2 Å². The summed E-state index contributed by atoms with van der Waals surface area (Å²) < 4.78 is 0. The predicted molar refractivity (Wildman–Crippen MR) is 75.6 cm³/mol. The fraction of sp³-hybridized carbons (Fsp3) is 0.833. The molecule has 1 atom stereocenters. The van der Waals surface area contributed by atoms with Crippen LogP contribution in [0.4, 0.5) is 0 Å². The van der Waals surface area contributed by atoms with Gasteiger partial charge < -0.3 is 16.4 Å². The highest BCUT2D eigenvalue weighted by Crippen LogP contribution is 2.12. The van der Waals surface area contributed by atoms with Crippen LogP contribution in [0.2, 0.25) is 0 Å². The Bertz CT molecular complexity index is 298. The third kappa shape index (κ3) is 6.81. The summed E-state index contributed by atoms with van der Waals surface area (Å²) in [5, 5.41) is 5.46. The summed E-state index contributed by atoms with van der Waals surface area (Å²) in [5.41, 5.74) is 4.56. The maximum absolute atomic E-state index is 11.8. The lowest BCUT2D eigenvalue weighted by Crippen LogP contribution is -2.55. The fourth-order valence-electron chi connectivity index (χ4n) is 0.971. The van der Waals surface area contributed by atoms with E-state index in [9.17, 15) is 9.59 Å². The summed E-state index contributed by atoms with van der Waals surface area (Å²) in [4.78, 5) is 23.5. The third-order valence-electron chi connectivity index (χ3n) is 2.39. The second-order valence-corrected chi connectivity index (χ2v) is 6.02. The Morgan fingerprint density at radius 3 is 1.94 bits per heavy atom. The first kappa shape index (κ1) is 19.5. The maximum atomic E-state index is 11.8. The van der Waals surface area contributed by atoms with E-state index in [0.717, 1.165) is 0 Å². The van der Waals surface area contributed by atoms with Crippen LogP contribution in [0.15, 0.2) is 0 Å². The van der Waals surface area contributed by atoms with Crippen molar-refractivity contribution in [1.29, 1.82) is 0 Å². The highest BCUT2D eigenvalue weighted by Gasteiger charge is 2.27. The van der Waals surface area contributed by atoms with Crippen LogP contribution in [0.5, 0.6) is 0 Å². The Hall–Kier alpha value is -0.810. The Morgan fingerprint density at radius 1 is 1.17 bits per heavy atom. The molecule has 18 heavy (non-hydrogen) atoms. The van der Waals surface area contributed by atoms with Gasteiger partial charge in [0.15, 0.2) is 0 Å². The molecule has 0 fully saturated rings. The summed E-state index contributed by atoms with van der Waals surface area (Å²) in [7, 11) is 0. The minimum absolute atomic E-state index is 0. The van der Waals surface area contributed by atoms with E-state index in [0.29, 0.717) is 6.54 Å². The van der Waals surface area contributed by atoms with Gasteiger partial charge in [0.1, 0.15) is 6.04 Å². The van der Waals surface area contributed by atoms with Crippen molar-refractivity contribution >= 4 is 24.2 Å². The molecule has 0 aromatic heterocycles. The second-order valence-electron chi connectivity index (χ2n) is 6.02. The Kier molecular flexibility index (Phi) is 7.54. The molecule has 5 nitrogen and oxygen atoms in total. The lowest BCUT2D eigenvalue weighted by molar-refractivity contribution is -0.133. The van der Waals surface area contributed by atoms with E-state index in [1.54, 1.807) is 27.7 Å². The van der Waals surface area contributed by atoms with Crippen LogP contribution in [-0.2, 0) is 9.59 Å². The summed E-state index contributed by atoms with van der Waals surface area (Å²) in [6.07, 6.45) is 0. The summed E-state index contributed by atoms with van der Waals surface area (Å²) >= 11 is 0. The molecule has 6 heteroatoms. The molecule has 0 bridgehead atoms. The number of hydrogen-bond donors (Lipinski definition) is 3. The number of carbonyl (C=O) groups excluding carboxylic acids is 2. The zero-order valence-corrected chi connectivity index (χ0v) is 12.9. The van der Waals surface area contributed by atoms with Crippen LogP contribution in [0.3, 0.4) is 0 Å². The Balaban J connectivity index is 0. The van der Waals surface area contributed by atoms with Gasteiger partial charge in [-0.3, -0.25) is 9.59 Å². The van der Waals surface area contributed by atoms with Crippen molar-refractivity contribution in [2.24, 2.45) is 11.1 Å². The summed E-state index contributed by atoms with van der Waals surface area (Å²) in [5.74, 6) is -0.372. The van der Waals surface area contributed by atoms with Crippen LogP contribution < -0.4 is 16.4 Å². The van der Waals surface area contributed by atoms with E-state index < -0.39 is 17.0 Å². The van der Waals surface area contributed by atoms with Gasteiger partial charge in [0, 0.05) is 17.5 Å². The predicted octanol–water partition coefficient (Wildman–Crippen LogP) is 0.812. The molecule has 4 N–H and O–H groups in total. The Morgan fingerprint density at radius 2 is 1.61 bits per heavy atom. The number of nitrogens with two attached hydrogens (primary N) is 1. The number of amides is 2. The van der Waals surface area contributed by atoms with Gasteiger partial charge in [0.05, 0.1) is 0 Å². The topological polar surface area (TPSA) is 84.2 Å². The van der Waals surface area contributed by atoms with Gasteiger partial charge >= 0.3 is 0 Å². The standard InChI is InChI=1S/C12H25N3O2.ClH/c1-8(14-10(17)11(2,3)4)9(16)15-12(5,6)7-13;/h8H,7,13H2,1-6H3,(H,14,17)(H,15,16);1H. The molecule has 0 aromatic rings. The first-order valence-corrected chi connectivity index (χ1v) is 5.82. The van der Waals surface area contributed by atoms with Crippen molar-refractivity contribution < 1.29 is 9.59 Å². The molecule has 108 valence electrons. The van der Waals surface area contributed by atoms with Crippen molar-refractivity contribution in [1.82, 2.24) is 10.6 Å². The van der Waals surface area contributed by atoms with Crippen LogP contribution >= 0.6 is 12.4 Å².